The van der Waals surface area contributed by atoms with Crippen LogP contribution >= 0.6 is 0 Å². The summed E-state index contributed by atoms with van der Waals surface area (Å²) in [4.78, 5) is 11.3. The van der Waals surface area contributed by atoms with Gasteiger partial charge in [-0.1, -0.05) is 26.2 Å². The highest BCUT2D eigenvalue weighted by Gasteiger charge is 2.12. The minimum atomic E-state index is -0.486. The fraction of sp³-hybridized carbons (Fsp3) is 0.750. The van der Waals surface area contributed by atoms with E-state index in [2.05, 4.69) is 11.2 Å². The lowest BCUT2D eigenvalue weighted by molar-refractivity contribution is -0.122. The van der Waals surface area contributed by atoms with Crippen LogP contribution in [0.4, 0.5) is 0 Å². The molecule has 92 valence electrons. The van der Waals surface area contributed by atoms with Gasteiger partial charge in [-0.05, 0) is 5.92 Å². The fourth-order valence-electron chi connectivity index (χ4n) is 1.08. The molecule has 16 heavy (non-hydrogen) atoms. The summed E-state index contributed by atoms with van der Waals surface area (Å²) in [5, 5.41) is 12.3. The molecule has 1 amide bonds. The molecule has 0 fully saturated rings. The summed E-state index contributed by atoms with van der Waals surface area (Å²) in [5.74, 6) is 2.39. The van der Waals surface area contributed by atoms with E-state index in [0.29, 0.717) is 13.2 Å². The van der Waals surface area contributed by atoms with Crippen molar-refractivity contribution in [3.63, 3.8) is 0 Å². The molecular formula is C12H21NO3. The van der Waals surface area contributed by atoms with Crippen LogP contribution in [0, 0.1) is 18.3 Å². The second kappa shape index (κ2) is 9.20. The number of aliphatic hydroxyl groups is 1. The Morgan fingerprint density at radius 2 is 2.31 bits per heavy atom. The lowest BCUT2D eigenvalue weighted by atomic mass is 10.0. The maximum Gasteiger partial charge on any atom is 0.222 e. The minimum Gasteiger partial charge on any atom is -0.391 e. The van der Waals surface area contributed by atoms with E-state index in [0.717, 1.165) is 6.42 Å². The summed E-state index contributed by atoms with van der Waals surface area (Å²) in [6.45, 7) is 4.79. The van der Waals surface area contributed by atoms with E-state index in [1.165, 1.54) is 0 Å². The number of aliphatic hydroxyl groups excluding tert-OH is 1. The van der Waals surface area contributed by atoms with Crippen LogP contribution in [0.25, 0.3) is 0 Å². The lowest BCUT2D eigenvalue weighted by Crippen LogP contribution is -2.35. The van der Waals surface area contributed by atoms with Gasteiger partial charge in [0.25, 0.3) is 0 Å². The second-order valence-electron chi connectivity index (χ2n) is 3.76. The van der Waals surface area contributed by atoms with Gasteiger partial charge in [0.15, 0.2) is 0 Å². The van der Waals surface area contributed by atoms with Crippen LogP contribution < -0.4 is 5.32 Å². The van der Waals surface area contributed by atoms with E-state index in [9.17, 15) is 9.90 Å². The van der Waals surface area contributed by atoms with Crippen LogP contribution in [-0.2, 0) is 9.53 Å². The zero-order chi connectivity index (χ0) is 12.4. The fourth-order valence-corrected chi connectivity index (χ4v) is 1.08. The van der Waals surface area contributed by atoms with Gasteiger partial charge in [0, 0.05) is 6.54 Å². The van der Waals surface area contributed by atoms with E-state index in [4.69, 9.17) is 11.2 Å². The van der Waals surface area contributed by atoms with Crippen LogP contribution in [-0.4, -0.2) is 36.9 Å². The molecule has 0 aromatic carbocycles. The van der Waals surface area contributed by atoms with Gasteiger partial charge < -0.3 is 15.2 Å². The van der Waals surface area contributed by atoms with Crippen molar-refractivity contribution < 1.29 is 14.6 Å². The van der Waals surface area contributed by atoms with Crippen molar-refractivity contribution in [1.29, 1.82) is 0 Å². The van der Waals surface area contributed by atoms with Gasteiger partial charge in [-0.15, -0.1) is 6.42 Å². The molecule has 0 aliphatic rings. The highest BCUT2D eigenvalue weighted by Crippen LogP contribution is 2.05. The van der Waals surface area contributed by atoms with Gasteiger partial charge in [-0.2, -0.15) is 0 Å². The van der Waals surface area contributed by atoms with Gasteiger partial charge in [-0.25, -0.2) is 0 Å². The lowest BCUT2D eigenvalue weighted by Gasteiger charge is -2.17. The first-order chi connectivity index (χ1) is 7.61. The van der Waals surface area contributed by atoms with Crippen LogP contribution in [0.15, 0.2) is 0 Å². The second-order valence-corrected chi connectivity index (χ2v) is 3.76. The van der Waals surface area contributed by atoms with Gasteiger partial charge in [0.2, 0.25) is 5.91 Å². The molecule has 0 aromatic heterocycles. The summed E-state index contributed by atoms with van der Waals surface area (Å²) < 4.78 is 4.97. The summed E-state index contributed by atoms with van der Waals surface area (Å²) >= 11 is 0. The first-order valence-electron chi connectivity index (χ1n) is 5.57. The molecule has 2 unspecified atom stereocenters. The third kappa shape index (κ3) is 7.27. The number of hydrogen-bond acceptors (Lipinski definition) is 3. The van der Waals surface area contributed by atoms with Crippen LogP contribution in [0.5, 0.6) is 0 Å². The van der Waals surface area contributed by atoms with E-state index in [1.807, 2.05) is 13.8 Å². The molecule has 0 radical (unpaired) electrons. The molecule has 0 aliphatic carbocycles. The predicted octanol–water partition coefficient (Wildman–Crippen LogP) is 0.549. The van der Waals surface area contributed by atoms with Crippen molar-refractivity contribution in [1.82, 2.24) is 5.32 Å². The molecular weight excluding hydrogens is 206 g/mol. The Hall–Kier alpha value is -1.05. The molecule has 4 nitrogen and oxygen atoms in total. The highest BCUT2D eigenvalue weighted by atomic mass is 16.5. The van der Waals surface area contributed by atoms with Crippen molar-refractivity contribution in [2.75, 3.05) is 19.8 Å². The third-order valence-electron chi connectivity index (χ3n) is 2.47. The summed E-state index contributed by atoms with van der Waals surface area (Å²) in [7, 11) is 0. The topological polar surface area (TPSA) is 58.6 Å². The van der Waals surface area contributed by atoms with E-state index in [-0.39, 0.29) is 24.9 Å². The minimum absolute atomic E-state index is 0.126. The molecule has 4 heteroatoms. The molecule has 2 N–H and O–H groups in total. The molecule has 0 saturated carbocycles. The summed E-state index contributed by atoms with van der Waals surface area (Å²) in [6.07, 6.45) is 5.66. The van der Waals surface area contributed by atoms with Crippen molar-refractivity contribution in [3.8, 4) is 12.3 Å². The van der Waals surface area contributed by atoms with Crippen LogP contribution in [0.3, 0.4) is 0 Å². The van der Waals surface area contributed by atoms with E-state index < -0.39 is 6.10 Å². The summed E-state index contributed by atoms with van der Waals surface area (Å²) in [5.41, 5.74) is 0. The van der Waals surface area contributed by atoms with E-state index in [1.54, 1.807) is 0 Å². The number of terminal acetylenes is 1. The normalized spacial score (nSPS) is 13.9. The first-order valence-corrected chi connectivity index (χ1v) is 5.57. The monoisotopic (exact) mass is 227 g/mol. The largest absolute Gasteiger partial charge is 0.391 e. The Kier molecular flexibility index (Phi) is 8.59. The Labute approximate surface area is 97.4 Å². The third-order valence-corrected chi connectivity index (χ3v) is 2.47. The van der Waals surface area contributed by atoms with Gasteiger partial charge in [-0.3, -0.25) is 4.79 Å². The van der Waals surface area contributed by atoms with Gasteiger partial charge in [0.05, 0.1) is 19.1 Å². The molecule has 2 atom stereocenters. The standard InChI is InChI=1S/C12H21NO3/c1-4-7-16-8-6-12(15)13-9-11(14)10(3)5-2/h1,10-11,14H,5-9H2,2-3H3,(H,13,15). The zero-order valence-electron chi connectivity index (χ0n) is 10.0. The summed E-state index contributed by atoms with van der Waals surface area (Å²) in [6, 6.07) is 0. The predicted molar refractivity (Wildman–Crippen MR) is 62.7 cm³/mol. The Bertz CT molecular complexity index is 235. The quantitative estimate of drug-likeness (QED) is 0.470. The highest BCUT2D eigenvalue weighted by molar-refractivity contribution is 5.75. The number of carbonyl (C=O) groups is 1. The Balaban J connectivity index is 3.54. The molecule has 0 spiro atoms. The van der Waals surface area contributed by atoms with Crippen molar-refractivity contribution in [2.24, 2.45) is 5.92 Å². The Morgan fingerprint density at radius 3 is 2.88 bits per heavy atom. The van der Waals surface area contributed by atoms with Crippen LogP contribution in [0.1, 0.15) is 26.7 Å². The molecule has 0 saturated heterocycles. The number of carbonyl (C=O) groups excluding carboxylic acids is 1. The number of hydrogen-bond donors (Lipinski definition) is 2. The number of ether oxygens (including phenoxy) is 1. The SMILES string of the molecule is C#CCOCCC(=O)NCC(O)C(C)CC. The zero-order valence-corrected chi connectivity index (χ0v) is 10.0. The molecule has 0 aliphatic heterocycles. The molecule has 0 bridgehead atoms. The Morgan fingerprint density at radius 1 is 1.62 bits per heavy atom. The molecule has 0 aromatic rings. The average molecular weight is 227 g/mol. The smallest absolute Gasteiger partial charge is 0.222 e. The molecule has 0 rings (SSSR count). The van der Waals surface area contributed by atoms with Gasteiger partial charge in [0.1, 0.15) is 6.61 Å². The average Bonchev–Trinajstić information content (AvgIpc) is 2.30. The van der Waals surface area contributed by atoms with Crippen molar-refractivity contribution in [3.05, 3.63) is 0 Å². The number of rotatable bonds is 8. The number of nitrogens with one attached hydrogen (secondary N) is 1. The maximum absolute atomic E-state index is 11.3. The number of amides is 1. The van der Waals surface area contributed by atoms with Crippen molar-refractivity contribution >= 4 is 5.91 Å². The van der Waals surface area contributed by atoms with Crippen molar-refractivity contribution in [2.45, 2.75) is 32.8 Å². The van der Waals surface area contributed by atoms with E-state index >= 15 is 0 Å². The molecule has 0 heterocycles. The van der Waals surface area contributed by atoms with Crippen LogP contribution in [0.2, 0.25) is 0 Å². The van der Waals surface area contributed by atoms with Gasteiger partial charge >= 0.3 is 0 Å². The maximum atomic E-state index is 11.3. The first kappa shape index (κ1) is 14.9.